The average Bonchev–Trinajstić information content (AvgIpc) is 2.52. The van der Waals surface area contributed by atoms with E-state index in [1.165, 1.54) is 6.04 Å². The van der Waals surface area contributed by atoms with Gasteiger partial charge in [-0.3, -0.25) is 0 Å². The van der Waals surface area contributed by atoms with E-state index in [0.29, 0.717) is 12.5 Å². The summed E-state index contributed by atoms with van der Waals surface area (Å²) in [5.41, 5.74) is 0. The predicted molar refractivity (Wildman–Crippen MR) is 135 cm³/mol. The number of rotatable bonds is 6. The largest absolute Gasteiger partial charge is 0.507 e. The Morgan fingerprint density at radius 1 is 0.962 bits per heavy atom. The number of phenols is 1. The number of hydrogen-bond donors (Lipinski definition) is 1. The normalized spacial score (nSPS) is 10.9. The molecule has 3 nitrogen and oxygen atoms in total. The maximum atomic E-state index is 9.02. The highest BCUT2D eigenvalue weighted by atomic mass is 127. The van der Waals surface area contributed by atoms with Crippen LogP contribution >= 0.6 is 77.0 Å². The van der Waals surface area contributed by atoms with E-state index in [4.69, 9.17) is 14.6 Å². The maximum absolute atomic E-state index is 9.02. The fraction of sp³-hybridized carbons (Fsp3) is 0.333. The number of phenolic OH excluding ortho intramolecular Hbond substituents is 1. The smallest absolute Gasteiger partial charge is 0.189 e. The Hall–Kier alpha value is 0.637. The molecule has 0 amide bonds. The number of benzene rings is 2. The summed E-state index contributed by atoms with van der Waals surface area (Å²) in [6, 6.07) is 12.4. The lowest BCUT2D eigenvalue weighted by molar-refractivity contribution is 0.0215. The van der Waals surface area contributed by atoms with E-state index < -0.39 is 8.07 Å². The Morgan fingerprint density at radius 2 is 1.54 bits per heavy atom. The Bertz CT molecular complexity index is 709. The van der Waals surface area contributed by atoms with Gasteiger partial charge in [0.1, 0.15) is 11.5 Å². The zero-order valence-corrected chi connectivity index (χ0v) is 23.3. The zero-order valence-electron chi connectivity index (χ0n) is 14.9. The van der Waals surface area contributed by atoms with Crippen LogP contribution in [0.4, 0.5) is 0 Å². The average molecular weight is 728 g/mol. The lowest BCUT2D eigenvalue weighted by Gasteiger charge is -2.15. The van der Waals surface area contributed by atoms with Crippen molar-refractivity contribution in [3.8, 4) is 11.5 Å². The summed E-state index contributed by atoms with van der Waals surface area (Å²) in [7, 11) is -0.993. The van der Waals surface area contributed by atoms with Crippen LogP contribution in [0.1, 0.15) is 0 Å². The molecule has 0 atom stereocenters. The third-order valence-electron chi connectivity index (χ3n) is 3.10. The highest BCUT2D eigenvalue weighted by molar-refractivity contribution is 14.1. The summed E-state index contributed by atoms with van der Waals surface area (Å²) < 4.78 is 15.1. The van der Waals surface area contributed by atoms with E-state index in [9.17, 15) is 0 Å². The van der Waals surface area contributed by atoms with Gasteiger partial charge < -0.3 is 14.6 Å². The molecule has 26 heavy (non-hydrogen) atoms. The van der Waals surface area contributed by atoms with Crippen LogP contribution in [-0.2, 0) is 4.74 Å². The first-order valence-corrected chi connectivity index (χ1v) is 15.3. The lowest BCUT2D eigenvalue weighted by atomic mass is 10.3. The van der Waals surface area contributed by atoms with Crippen LogP contribution in [0.2, 0.25) is 25.7 Å². The van der Waals surface area contributed by atoms with Crippen LogP contribution in [-0.4, -0.2) is 26.6 Å². The van der Waals surface area contributed by atoms with E-state index in [1.807, 2.05) is 24.3 Å². The van der Waals surface area contributed by atoms with E-state index in [0.717, 1.165) is 28.4 Å². The Morgan fingerprint density at radius 3 is 2.04 bits per heavy atom. The number of halogens is 4. The van der Waals surface area contributed by atoms with Gasteiger partial charge in [-0.05, 0) is 87.6 Å². The standard InChI is InChI=1S/C12H18BrIO2Si.C6H4BrIO/c1-17(2,3)7-6-15-9-16-12-5-4-10(13)8-11(12)14;7-4-1-2-6(9)5(8)3-4/h4-5,8H,6-7,9H2,1-3H3;1-3,9H. The molecule has 0 unspecified atom stereocenters. The molecule has 144 valence electrons. The number of hydrogen-bond acceptors (Lipinski definition) is 3. The Kier molecular flexibility index (Phi) is 11.6. The van der Waals surface area contributed by atoms with Crippen LogP contribution in [0, 0.1) is 7.14 Å². The van der Waals surface area contributed by atoms with Gasteiger partial charge in [0.25, 0.3) is 0 Å². The molecule has 0 saturated heterocycles. The molecule has 0 aliphatic rings. The highest BCUT2D eigenvalue weighted by Gasteiger charge is 2.12. The van der Waals surface area contributed by atoms with Gasteiger partial charge in [0, 0.05) is 23.6 Å². The van der Waals surface area contributed by atoms with Crippen molar-refractivity contribution in [1.82, 2.24) is 0 Å². The summed E-state index contributed by atoms with van der Waals surface area (Å²) in [4.78, 5) is 0. The molecule has 0 aliphatic carbocycles. The van der Waals surface area contributed by atoms with Crippen molar-refractivity contribution in [3.05, 3.63) is 52.5 Å². The second kappa shape index (κ2) is 12.3. The fourth-order valence-corrected chi connectivity index (χ4v) is 5.14. The first kappa shape index (κ1) is 24.7. The van der Waals surface area contributed by atoms with Crippen molar-refractivity contribution in [1.29, 1.82) is 0 Å². The zero-order chi connectivity index (χ0) is 19.7. The summed E-state index contributed by atoms with van der Waals surface area (Å²) in [5, 5.41) is 9.02. The van der Waals surface area contributed by atoms with Crippen molar-refractivity contribution in [2.24, 2.45) is 0 Å². The SMILES string of the molecule is C[Si](C)(C)CCOCOc1ccc(Br)cc1I.Oc1ccc(Br)cc1I. The number of ether oxygens (including phenoxy) is 2. The molecular formula is C18H22Br2I2O3Si. The molecule has 8 heteroatoms. The van der Waals surface area contributed by atoms with Gasteiger partial charge in [-0.15, -0.1) is 0 Å². The molecular weight excluding hydrogens is 706 g/mol. The van der Waals surface area contributed by atoms with Crippen molar-refractivity contribution in [2.75, 3.05) is 13.4 Å². The quantitative estimate of drug-likeness (QED) is 0.145. The third kappa shape index (κ3) is 10.8. The summed E-state index contributed by atoms with van der Waals surface area (Å²) in [6.07, 6.45) is 0. The maximum Gasteiger partial charge on any atom is 0.189 e. The topological polar surface area (TPSA) is 38.7 Å². The molecule has 0 heterocycles. The van der Waals surface area contributed by atoms with Crippen LogP contribution in [0.5, 0.6) is 11.5 Å². The van der Waals surface area contributed by atoms with Crippen molar-refractivity contribution >= 4 is 85.1 Å². The minimum Gasteiger partial charge on any atom is -0.507 e. The van der Waals surface area contributed by atoms with Crippen LogP contribution in [0.15, 0.2) is 45.3 Å². The minimum atomic E-state index is -0.993. The molecule has 0 spiro atoms. The van der Waals surface area contributed by atoms with Gasteiger partial charge in [0.15, 0.2) is 6.79 Å². The van der Waals surface area contributed by atoms with Gasteiger partial charge in [0.05, 0.1) is 7.14 Å². The second-order valence-corrected chi connectivity index (χ2v) is 16.4. The summed E-state index contributed by atoms with van der Waals surface area (Å²) in [5.74, 6) is 1.21. The van der Waals surface area contributed by atoms with Gasteiger partial charge in [-0.2, -0.15) is 0 Å². The Labute approximate surface area is 200 Å². The van der Waals surface area contributed by atoms with Crippen LogP contribution < -0.4 is 4.74 Å². The third-order valence-corrected chi connectivity index (χ3v) is 7.50. The first-order chi connectivity index (χ1) is 12.1. The molecule has 0 saturated carbocycles. The van der Waals surface area contributed by atoms with Gasteiger partial charge in [0.2, 0.25) is 0 Å². The molecule has 2 aromatic carbocycles. The lowest BCUT2D eigenvalue weighted by Crippen LogP contribution is -2.22. The second-order valence-electron chi connectivity index (χ2n) is 6.65. The monoisotopic (exact) mass is 726 g/mol. The van der Waals surface area contributed by atoms with Crippen molar-refractivity contribution in [3.63, 3.8) is 0 Å². The van der Waals surface area contributed by atoms with Crippen molar-refractivity contribution < 1.29 is 14.6 Å². The van der Waals surface area contributed by atoms with E-state index in [-0.39, 0.29) is 0 Å². The van der Waals surface area contributed by atoms with Crippen LogP contribution in [0.3, 0.4) is 0 Å². The van der Waals surface area contributed by atoms with Gasteiger partial charge in [-0.25, -0.2) is 0 Å². The van der Waals surface area contributed by atoms with Gasteiger partial charge in [-0.1, -0.05) is 51.5 Å². The van der Waals surface area contributed by atoms with E-state index >= 15 is 0 Å². The molecule has 0 bridgehead atoms. The first-order valence-electron chi connectivity index (χ1n) is 7.88. The molecule has 1 N–H and O–H groups in total. The minimum absolute atomic E-state index is 0.332. The highest BCUT2D eigenvalue weighted by Crippen LogP contribution is 2.25. The molecule has 0 aromatic heterocycles. The molecule has 0 fully saturated rings. The molecule has 0 aliphatic heterocycles. The van der Waals surface area contributed by atoms with Crippen LogP contribution in [0.25, 0.3) is 0 Å². The predicted octanol–water partition coefficient (Wildman–Crippen LogP) is 7.50. The summed E-state index contributed by atoms with van der Waals surface area (Å²) >= 11 is 11.0. The van der Waals surface area contributed by atoms with Crippen molar-refractivity contribution in [2.45, 2.75) is 25.7 Å². The molecule has 0 radical (unpaired) electrons. The summed E-state index contributed by atoms with van der Waals surface area (Å²) in [6.45, 7) is 8.16. The fourth-order valence-electron chi connectivity index (χ4n) is 1.62. The van der Waals surface area contributed by atoms with E-state index in [2.05, 4.69) is 96.7 Å². The Balaban J connectivity index is 0.000000314. The van der Waals surface area contributed by atoms with Gasteiger partial charge >= 0.3 is 0 Å². The molecule has 2 aromatic rings. The molecule has 2 rings (SSSR count). The number of aromatic hydroxyl groups is 1. The van der Waals surface area contributed by atoms with E-state index in [1.54, 1.807) is 12.1 Å².